The van der Waals surface area contributed by atoms with E-state index in [9.17, 15) is 0 Å². The number of fused-ring (bicyclic) bond motifs is 1. The van der Waals surface area contributed by atoms with Crippen LogP contribution in [0.1, 0.15) is 5.56 Å². The highest BCUT2D eigenvalue weighted by Gasteiger charge is 2.11. The maximum absolute atomic E-state index is 5.34. The first-order valence-corrected chi connectivity index (χ1v) is 8.88. The number of hydrogen-bond donors (Lipinski definition) is 1. The Kier molecular flexibility index (Phi) is 4.29. The first-order chi connectivity index (χ1) is 12.2. The van der Waals surface area contributed by atoms with Crippen LogP contribution in [0.25, 0.3) is 22.2 Å². The van der Waals surface area contributed by atoms with Gasteiger partial charge in [0.05, 0.1) is 6.21 Å². The molecule has 4 rings (SSSR count). The zero-order chi connectivity index (χ0) is 17.2. The topological polar surface area (TPSA) is 46.0 Å². The SMILES string of the molecule is S=c1[nH]nc(-c2ccccc2Br)n1/N=C/c1cccc2ccccc12. The average Bonchev–Trinajstić information content (AvgIpc) is 3.01. The molecule has 0 saturated heterocycles. The molecular formula is C19H13BrN4S. The minimum Gasteiger partial charge on any atom is -0.250 e. The fourth-order valence-corrected chi connectivity index (χ4v) is 3.34. The van der Waals surface area contributed by atoms with E-state index in [4.69, 9.17) is 12.2 Å². The molecule has 0 spiro atoms. The summed E-state index contributed by atoms with van der Waals surface area (Å²) < 4.78 is 3.02. The van der Waals surface area contributed by atoms with Crippen molar-refractivity contribution in [3.05, 3.63) is 81.5 Å². The van der Waals surface area contributed by atoms with Crippen molar-refractivity contribution >= 4 is 45.1 Å². The zero-order valence-corrected chi connectivity index (χ0v) is 15.5. The second kappa shape index (κ2) is 6.74. The number of benzene rings is 3. The summed E-state index contributed by atoms with van der Waals surface area (Å²) in [5.41, 5.74) is 1.95. The van der Waals surface area contributed by atoms with Gasteiger partial charge in [0.15, 0.2) is 5.82 Å². The molecule has 1 aromatic heterocycles. The first-order valence-electron chi connectivity index (χ1n) is 7.68. The van der Waals surface area contributed by atoms with Crippen molar-refractivity contribution in [3.8, 4) is 11.4 Å². The van der Waals surface area contributed by atoms with E-state index in [1.54, 1.807) is 4.68 Å². The predicted molar refractivity (Wildman–Crippen MR) is 107 cm³/mol. The number of rotatable bonds is 3. The lowest BCUT2D eigenvalue weighted by molar-refractivity contribution is 0.871. The predicted octanol–water partition coefficient (Wildman–Crippen LogP) is 5.41. The van der Waals surface area contributed by atoms with E-state index in [0.29, 0.717) is 10.6 Å². The Balaban J connectivity index is 1.82. The minimum atomic E-state index is 0.447. The van der Waals surface area contributed by atoms with Gasteiger partial charge >= 0.3 is 0 Å². The highest BCUT2D eigenvalue weighted by Crippen LogP contribution is 2.26. The summed E-state index contributed by atoms with van der Waals surface area (Å²) in [5, 5.41) is 14.0. The fraction of sp³-hybridized carbons (Fsp3) is 0. The Labute approximate surface area is 158 Å². The van der Waals surface area contributed by atoms with Gasteiger partial charge in [0.1, 0.15) is 0 Å². The van der Waals surface area contributed by atoms with Crippen molar-refractivity contribution in [3.63, 3.8) is 0 Å². The maximum Gasteiger partial charge on any atom is 0.216 e. The first kappa shape index (κ1) is 15.9. The zero-order valence-electron chi connectivity index (χ0n) is 13.1. The lowest BCUT2D eigenvalue weighted by Crippen LogP contribution is -1.96. The van der Waals surface area contributed by atoms with Crippen LogP contribution in [0.3, 0.4) is 0 Å². The van der Waals surface area contributed by atoms with Crippen LogP contribution in [0.15, 0.2) is 76.3 Å². The molecule has 0 amide bonds. The van der Waals surface area contributed by atoms with E-state index >= 15 is 0 Å². The Bertz CT molecular complexity index is 1140. The van der Waals surface area contributed by atoms with Crippen LogP contribution in [0.5, 0.6) is 0 Å². The average molecular weight is 409 g/mol. The fourth-order valence-electron chi connectivity index (χ4n) is 2.70. The molecule has 0 aliphatic carbocycles. The monoisotopic (exact) mass is 408 g/mol. The van der Waals surface area contributed by atoms with E-state index in [2.05, 4.69) is 49.4 Å². The van der Waals surface area contributed by atoms with Crippen LogP contribution >= 0.6 is 28.1 Å². The van der Waals surface area contributed by atoms with Crippen LogP contribution in [0, 0.1) is 4.77 Å². The van der Waals surface area contributed by atoms with Crippen LogP contribution in [-0.4, -0.2) is 21.1 Å². The molecule has 4 aromatic rings. The van der Waals surface area contributed by atoms with Crippen molar-refractivity contribution in [2.75, 3.05) is 0 Å². The molecule has 0 fully saturated rings. The smallest absolute Gasteiger partial charge is 0.216 e. The molecule has 122 valence electrons. The number of hydrogen-bond acceptors (Lipinski definition) is 3. The number of nitrogens with one attached hydrogen (secondary N) is 1. The molecule has 0 atom stereocenters. The molecule has 1 heterocycles. The summed E-state index contributed by atoms with van der Waals surface area (Å²) >= 11 is 8.90. The molecule has 1 N–H and O–H groups in total. The molecule has 0 radical (unpaired) electrons. The van der Waals surface area contributed by atoms with Gasteiger partial charge in [-0.1, -0.05) is 70.5 Å². The lowest BCUT2D eigenvalue weighted by atomic mass is 10.1. The molecule has 0 aliphatic heterocycles. The van der Waals surface area contributed by atoms with Crippen molar-refractivity contribution < 1.29 is 0 Å². The third-order valence-electron chi connectivity index (χ3n) is 3.90. The van der Waals surface area contributed by atoms with E-state index in [1.807, 2.05) is 54.7 Å². The van der Waals surface area contributed by atoms with Gasteiger partial charge in [-0.25, -0.2) is 5.10 Å². The minimum absolute atomic E-state index is 0.447. The largest absolute Gasteiger partial charge is 0.250 e. The normalized spacial score (nSPS) is 11.4. The Morgan fingerprint density at radius 1 is 1.00 bits per heavy atom. The summed E-state index contributed by atoms with van der Waals surface area (Å²) in [4.78, 5) is 0. The summed E-state index contributed by atoms with van der Waals surface area (Å²) in [5.74, 6) is 0.661. The number of aromatic nitrogens is 3. The van der Waals surface area contributed by atoms with Crippen LogP contribution < -0.4 is 0 Å². The highest BCUT2D eigenvalue weighted by atomic mass is 79.9. The van der Waals surface area contributed by atoms with Crippen LogP contribution in [0.2, 0.25) is 0 Å². The van der Waals surface area contributed by atoms with Crippen molar-refractivity contribution in [2.24, 2.45) is 5.10 Å². The van der Waals surface area contributed by atoms with Gasteiger partial charge < -0.3 is 0 Å². The van der Waals surface area contributed by atoms with E-state index < -0.39 is 0 Å². The van der Waals surface area contributed by atoms with Gasteiger partial charge in [-0.3, -0.25) is 0 Å². The standard InChI is InChI=1S/C19H13BrN4S/c20-17-11-4-3-10-16(17)18-22-23-19(25)24(18)21-12-14-8-5-7-13-6-1-2-9-15(13)14/h1-12H,(H,23,25)/b21-12+. The maximum atomic E-state index is 5.34. The second-order valence-electron chi connectivity index (χ2n) is 5.46. The third-order valence-corrected chi connectivity index (χ3v) is 4.86. The quantitative estimate of drug-likeness (QED) is 0.364. The molecule has 0 unspecified atom stereocenters. The number of nitrogens with zero attached hydrogens (tertiary/aromatic N) is 3. The Morgan fingerprint density at radius 3 is 2.64 bits per heavy atom. The molecule has 3 aromatic carbocycles. The summed E-state index contributed by atoms with van der Waals surface area (Å²) in [6.07, 6.45) is 1.81. The van der Waals surface area contributed by atoms with Gasteiger partial charge in [-0.05, 0) is 35.1 Å². The van der Waals surface area contributed by atoms with E-state index in [1.165, 1.54) is 5.39 Å². The third kappa shape index (κ3) is 3.06. The lowest BCUT2D eigenvalue weighted by Gasteiger charge is -2.04. The van der Waals surface area contributed by atoms with Gasteiger partial charge in [-0.2, -0.15) is 14.9 Å². The number of aromatic amines is 1. The molecule has 0 saturated carbocycles. The van der Waals surface area contributed by atoms with Crippen molar-refractivity contribution in [1.82, 2.24) is 14.9 Å². The number of halogens is 1. The molecule has 6 heteroatoms. The molecule has 0 aliphatic rings. The molecule has 4 nitrogen and oxygen atoms in total. The van der Waals surface area contributed by atoms with E-state index in [0.717, 1.165) is 21.0 Å². The highest BCUT2D eigenvalue weighted by molar-refractivity contribution is 9.10. The van der Waals surface area contributed by atoms with Crippen molar-refractivity contribution in [2.45, 2.75) is 0 Å². The Morgan fingerprint density at radius 2 is 1.76 bits per heavy atom. The Hall–Kier alpha value is -2.57. The molecule has 25 heavy (non-hydrogen) atoms. The number of H-pyrrole nitrogens is 1. The second-order valence-corrected chi connectivity index (χ2v) is 6.70. The molecular weight excluding hydrogens is 396 g/mol. The van der Waals surface area contributed by atoms with Gasteiger partial charge in [0.25, 0.3) is 0 Å². The summed E-state index contributed by atoms with van der Waals surface area (Å²) in [7, 11) is 0. The van der Waals surface area contributed by atoms with Gasteiger partial charge in [-0.15, -0.1) is 0 Å². The van der Waals surface area contributed by atoms with Gasteiger partial charge in [0, 0.05) is 15.6 Å². The van der Waals surface area contributed by atoms with Gasteiger partial charge in [0.2, 0.25) is 4.77 Å². The van der Waals surface area contributed by atoms with E-state index in [-0.39, 0.29) is 0 Å². The van der Waals surface area contributed by atoms with Crippen LogP contribution in [-0.2, 0) is 0 Å². The van der Waals surface area contributed by atoms with Crippen LogP contribution in [0.4, 0.5) is 0 Å². The summed E-state index contributed by atoms with van der Waals surface area (Å²) in [6.45, 7) is 0. The van der Waals surface area contributed by atoms with Crippen molar-refractivity contribution in [1.29, 1.82) is 0 Å². The summed E-state index contributed by atoms with van der Waals surface area (Å²) in [6, 6.07) is 22.2. The molecule has 0 bridgehead atoms.